The van der Waals surface area contributed by atoms with Crippen molar-refractivity contribution in [1.82, 2.24) is 5.32 Å². The van der Waals surface area contributed by atoms with Crippen LogP contribution in [0.2, 0.25) is 0 Å². The molecule has 0 radical (unpaired) electrons. The van der Waals surface area contributed by atoms with Gasteiger partial charge in [-0.3, -0.25) is 0 Å². The molecule has 108 valence electrons. The first-order valence-electron chi connectivity index (χ1n) is 6.01. The van der Waals surface area contributed by atoms with Gasteiger partial charge in [-0.1, -0.05) is 0 Å². The van der Waals surface area contributed by atoms with Gasteiger partial charge in [0.1, 0.15) is 12.4 Å². The zero-order chi connectivity index (χ0) is 14.6. The van der Waals surface area contributed by atoms with Gasteiger partial charge in [-0.05, 0) is 43.4 Å². The van der Waals surface area contributed by atoms with E-state index >= 15 is 0 Å². The Labute approximate surface area is 119 Å². The van der Waals surface area contributed by atoms with Crippen molar-refractivity contribution in [3.8, 4) is 5.75 Å². The Bertz CT molecular complexity index is 548. The lowest BCUT2D eigenvalue weighted by molar-refractivity contribution is -0.137. The van der Waals surface area contributed by atoms with Gasteiger partial charge in [-0.15, -0.1) is 11.3 Å². The Balaban J connectivity index is 1.93. The number of hydrogen-bond acceptors (Lipinski definition) is 3. The minimum atomic E-state index is -4.31. The molecule has 1 N–H and O–H groups in total. The van der Waals surface area contributed by atoms with Gasteiger partial charge in [0.05, 0.1) is 5.56 Å². The lowest BCUT2D eigenvalue weighted by Gasteiger charge is -2.08. The third-order valence-electron chi connectivity index (χ3n) is 2.63. The van der Waals surface area contributed by atoms with Crippen molar-refractivity contribution < 1.29 is 17.9 Å². The summed E-state index contributed by atoms with van der Waals surface area (Å²) in [5.41, 5.74) is -0.669. The van der Waals surface area contributed by atoms with Crippen LogP contribution < -0.4 is 10.1 Å². The Kier molecular flexibility index (Phi) is 4.67. The van der Waals surface area contributed by atoms with E-state index in [1.165, 1.54) is 17.0 Å². The van der Waals surface area contributed by atoms with Crippen LogP contribution in [-0.2, 0) is 19.3 Å². The van der Waals surface area contributed by atoms with Crippen LogP contribution in [0.5, 0.6) is 5.75 Å². The summed E-state index contributed by atoms with van der Waals surface area (Å²) in [5.74, 6) is 0.432. The molecule has 0 atom stereocenters. The summed E-state index contributed by atoms with van der Waals surface area (Å²) in [4.78, 5) is 2.23. The maximum atomic E-state index is 12.4. The Morgan fingerprint density at radius 1 is 1.05 bits per heavy atom. The molecular weight excluding hydrogens is 287 g/mol. The summed E-state index contributed by atoms with van der Waals surface area (Å²) in [7, 11) is 1.87. The lowest BCUT2D eigenvalue weighted by Crippen LogP contribution is -2.04. The highest BCUT2D eigenvalue weighted by molar-refractivity contribution is 7.11. The van der Waals surface area contributed by atoms with Crippen molar-refractivity contribution in [2.75, 3.05) is 7.05 Å². The number of hydrogen-bond donors (Lipinski definition) is 1. The maximum Gasteiger partial charge on any atom is 0.416 e. The smallest absolute Gasteiger partial charge is 0.416 e. The van der Waals surface area contributed by atoms with E-state index in [0.29, 0.717) is 12.4 Å². The van der Waals surface area contributed by atoms with Gasteiger partial charge in [0, 0.05) is 16.3 Å². The van der Waals surface area contributed by atoms with Crippen LogP contribution in [0.3, 0.4) is 0 Å². The van der Waals surface area contributed by atoms with E-state index in [1.807, 2.05) is 19.2 Å². The van der Waals surface area contributed by atoms with Crippen molar-refractivity contribution in [1.29, 1.82) is 0 Å². The van der Waals surface area contributed by atoms with Crippen LogP contribution in [0.1, 0.15) is 15.3 Å². The molecule has 1 aromatic carbocycles. The fourth-order valence-electron chi connectivity index (χ4n) is 1.66. The average molecular weight is 301 g/mol. The van der Waals surface area contributed by atoms with E-state index in [4.69, 9.17) is 4.74 Å². The normalized spacial score (nSPS) is 11.6. The molecule has 0 spiro atoms. The third-order valence-corrected chi connectivity index (χ3v) is 3.69. The molecule has 0 bridgehead atoms. The van der Waals surface area contributed by atoms with Crippen molar-refractivity contribution in [2.45, 2.75) is 19.3 Å². The lowest BCUT2D eigenvalue weighted by atomic mass is 10.2. The Morgan fingerprint density at radius 2 is 1.70 bits per heavy atom. The van der Waals surface area contributed by atoms with E-state index in [9.17, 15) is 13.2 Å². The third kappa shape index (κ3) is 3.98. The summed E-state index contributed by atoms with van der Waals surface area (Å²) in [5, 5.41) is 3.05. The molecule has 0 amide bonds. The van der Waals surface area contributed by atoms with Gasteiger partial charge < -0.3 is 10.1 Å². The van der Waals surface area contributed by atoms with E-state index in [0.717, 1.165) is 23.6 Å². The molecule has 6 heteroatoms. The SMILES string of the molecule is CNCc1ccc(COc2ccc(C(F)(F)F)cc2)s1. The Morgan fingerprint density at radius 3 is 2.30 bits per heavy atom. The van der Waals surface area contributed by atoms with Crippen LogP contribution in [0.25, 0.3) is 0 Å². The molecule has 0 fully saturated rings. The van der Waals surface area contributed by atoms with Gasteiger partial charge in [-0.2, -0.15) is 13.2 Å². The fourth-order valence-corrected chi connectivity index (χ4v) is 2.61. The standard InChI is InChI=1S/C14H14F3NOS/c1-18-8-12-6-7-13(20-12)9-19-11-4-2-10(3-5-11)14(15,16)17/h2-7,18H,8-9H2,1H3. The first-order valence-corrected chi connectivity index (χ1v) is 6.83. The van der Waals surface area contributed by atoms with Gasteiger partial charge in [0.2, 0.25) is 0 Å². The second kappa shape index (κ2) is 6.28. The van der Waals surface area contributed by atoms with Crippen LogP contribution in [0.4, 0.5) is 13.2 Å². The number of benzene rings is 1. The van der Waals surface area contributed by atoms with E-state index < -0.39 is 11.7 Å². The van der Waals surface area contributed by atoms with Gasteiger partial charge in [0.15, 0.2) is 0 Å². The summed E-state index contributed by atoms with van der Waals surface area (Å²) in [6.07, 6.45) is -4.31. The summed E-state index contributed by atoms with van der Waals surface area (Å²) >= 11 is 1.62. The van der Waals surface area contributed by atoms with Gasteiger partial charge in [0.25, 0.3) is 0 Å². The second-order valence-electron chi connectivity index (χ2n) is 4.21. The first-order chi connectivity index (χ1) is 9.49. The molecule has 0 unspecified atom stereocenters. The molecule has 1 heterocycles. The van der Waals surface area contributed by atoms with Crippen LogP contribution in [0, 0.1) is 0 Å². The number of halogens is 3. The Hall–Kier alpha value is -1.53. The number of ether oxygens (including phenoxy) is 1. The largest absolute Gasteiger partial charge is 0.488 e. The number of nitrogens with one attached hydrogen (secondary N) is 1. The van der Waals surface area contributed by atoms with Crippen LogP contribution >= 0.6 is 11.3 Å². The van der Waals surface area contributed by atoms with Gasteiger partial charge >= 0.3 is 6.18 Å². The molecule has 1 aromatic heterocycles. The molecule has 0 aliphatic rings. The molecule has 2 aromatic rings. The molecule has 0 aliphatic carbocycles. The van der Waals surface area contributed by atoms with Crippen molar-refractivity contribution in [3.05, 3.63) is 51.7 Å². The highest BCUT2D eigenvalue weighted by Gasteiger charge is 2.29. The minimum absolute atomic E-state index is 0.361. The van der Waals surface area contributed by atoms with Crippen molar-refractivity contribution in [3.63, 3.8) is 0 Å². The maximum absolute atomic E-state index is 12.4. The number of rotatable bonds is 5. The summed E-state index contributed by atoms with van der Waals surface area (Å²) < 4.78 is 42.7. The van der Waals surface area contributed by atoms with E-state index in [2.05, 4.69) is 5.32 Å². The molecule has 0 saturated carbocycles. The quantitative estimate of drug-likeness (QED) is 0.899. The predicted octanol–water partition coefficient (Wildman–Crippen LogP) is 4.07. The summed E-state index contributed by atoms with van der Waals surface area (Å²) in [6.45, 7) is 1.16. The van der Waals surface area contributed by atoms with Crippen LogP contribution in [0.15, 0.2) is 36.4 Å². The van der Waals surface area contributed by atoms with Crippen molar-refractivity contribution in [2.24, 2.45) is 0 Å². The molecule has 0 aliphatic heterocycles. The zero-order valence-corrected chi connectivity index (χ0v) is 11.6. The molecule has 2 nitrogen and oxygen atoms in total. The molecule has 2 rings (SSSR count). The monoisotopic (exact) mass is 301 g/mol. The van der Waals surface area contributed by atoms with E-state index in [1.54, 1.807) is 11.3 Å². The van der Waals surface area contributed by atoms with Crippen molar-refractivity contribution >= 4 is 11.3 Å². The minimum Gasteiger partial charge on any atom is -0.488 e. The molecule has 0 saturated heterocycles. The molecule has 20 heavy (non-hydrogen) atoms. The number of thiophene rings is 1. The first kappa shape index (κ1) is 14.9. The fraction of sp³-hybridized carbons (Fsp3) is 0.286. The van der Waals surface area contributed by atoms with Gasteiger partial charge in [-0.25, -0.2) is 0 Å². The topological polar surface area (TPSA) is 21.3 Å². The van der Waals surface area contributed by atoms with E-state index in [-0.39, 0.29) is 0 Å². The number of alkyl halides is 3. The predicted molar refractivity (Wildman–Crippen MR) is 72.9 cm³/mol. The highest BCUT2D eigenvalue weighted by Crippen LogP contribution is 2.30. The molecular formula is C14H14F3NOS. The zero-order valence-electron chi connectivity index (χ0n) is 10.8. The second-order valence-corrected chi connectivity index (χ2v) is 5.46. The highest BCUT2D eigenvalue weighted by atomic mass is 32.1. The van der Waals surface area contributed by atoms with Crippen LogP contribution in [-0.4, -0.2) is 7.05 Å². The average Bonchev–Trinajstić information content (AvgIpc) is 2.84. The summed E-state index contributed by atoms with van der Waals surface area (Å²) in [6, 6.07) is 8.69.